The van der Waals surface area contributed by atoms with Crippen LogP contribution in [0.3, 0.4) is 0 Å². The fourth-order valence-corrected chi connectivity index (χ4v) is 1.86. The van der Waals surface area contributed by atoms with Crippen LogP contribution < -0.4 is 9.47 Å². The lowest BCUT2D eigenvalue weighted by molar-refractivity contribution is 0.359. The summed E-state index contributed by atoms with van der Waals surface area (Å²) in [6, 6.07) is 16.7. The smallest absolute Gasteiger partial charge is 0.135 e. The molecule has 0 heterocycles. The van der Waals surface area contributed by atoms with Gasteiger partial charge >= 0.3 is 0 Å². The van der Waals surface area contributed by atoms with Gasteiger partial charge in [-0.25, -0.2) is 0 Å². The first-order chi connectivity index (χ1) is 9.86. The SMILES string of the molecule is C=CCOc1[c]cccc1-c1ccccc1OCC=C. The van der Waals surface area contributed by atoms with Gasteiger partial charge in [0, 0.05) is 17.2 Å². The van der Waals surface area contributed by atoms with Gasteiger partial charge in [0.05, 0.1) is 0 Å². The lowest BCUT2D eigenvalue weighted by Gasteiger charge is -2.13. The fraction of sp³-hybridized carbons (Fsp3) is 0.111. The molecule has 0 atom stereocenters. The van der Waals surface area contributed by atoms with Crippen molar-refractivity contribution < 1.29 is 9.47 Å². The Labute approximate surface area is 120 Å². The summed E-state index contributed by atoms with van der Waals surface area (Å²) < 4.78 is 11.3. The van der Waals surface area contributed by atoms with Crippen molar-refractivity contribution in [3.63, 3.8) is 0 Å². The van der Waals surface area contributed by atoms with E-state index < -0.39 is 0 Å². The molecule has 0 bridgehead atoms. The molecule has 0 unspecified atom stereocenters. The van der Waals surface area contributed by atoms with E-state index in [2.05, 4.69) is 19.2 Å². The van der Waals surface area contributed by atoms with Crippen molar-refractivity contribution in [2.24, 2.45) is 0 Å². The Morgan fingerprint density at radius 3 is 2.40 bits per heavy atom. The summed E-state index contributed by atoms with van der Waals surface area (Å²) in [4.78, 5) is 0. The Morgan fingerprint density at radius 2 is 1.60 bits per heavy atom. The molecule has 2 rings (SSSR count). The summed E-state index contributed by atoms with van der Waals surface area (Å²) in [6.07, 6.45) is 3.44. The Hall–Kier alpha value is -2.48. The quantitative estimate of drug-likeness (QED) is 0.695. The summed E-state index contributed by atoms with van der Waals surface area (Å²) in [5.41, 5.74) is 1.93. The number of hydrogen-bond acceptors (Lipinski definition) is 2. The molecule has 101 valence electrons. The minimum Gasteiger partial charge on any atom is -0.489 e. The molecule has 0 aliphatic heterocycles. The van der Waals surface area contributed by atoms with Crippen LogP contribution in [-0.2, 0) is 0 Å². The van der Waals surface area contributed by atoms with Gasteiger partial charge in [-0.1, -0.05) is 61.7 Å². The van der Waals surface area contributed by atoms with Crippen LogP contribution in [0, 0.1) is 6.07 Å². The second-order valence-electron chi connectivity index (χ2n) is 4.11. The standard InChI is InChI=1S/C18H17O2/c1-3-13-19-17-11-7-5-9-15(17)16-10-6-8-12-18(16)20-14-4-2/h3-11H,1-2,13-14H2. The van der Waals surface area contributed by atoms with E-state index in [1.54, 1.807) is 12.2 Å². The Morgan fingerprint density at radius 1 is 0.900 bits per heavy atom. The van der Waals surface area contributed by atoms with Gasteiger partial charge in [-0.05, 0) is 6.07 Å². The fourth-order valence-electron chi connectivity index (χ4n) is 1.86. The molecular weight excluding hydrogens is 248 g/mol. The number of benzene rings is 2. The van der Waals surface area contributed by atoms with E-state index in [1.165, 1.54) is 0 Å². The molecular formula is C18H17O2. The van der Waals surface area contributed by atoms with E-state index in [0.29, 0.717) is 19.0 Å². The molecule has 0 aromatic heterocycles. The molecule has 0 saturated heterocycles. The number of hydrogen-bond donors (Lipinski definition) is 0. The molecule has 0 N–H and O–H groups in total. The Balaban J connectivity index is 2.40. The van der Waals surface area contributed by atoms with Crippen molar-refractivity contribution in [1.82, 2.24) is 0 Å². The van der Waals surface area contributed by atoms with Crippen LogP contribution in [0.5, 0.6) is 11.5 Å². The third-order valence-corrected chi connectivity index (χ3v) is 2.70. The summed E-state index contributed by atoms with van der Waals surface area (Å²) in [6.45, 7) is 8.25. The largest absolute Gasteiger partial charge is 0.489 e. The van der Waals surface area contributed by atoms with Crippen molar-refractivity contribution in [3.8, 4) is 22.6 Å². The lowest BCUT2D eigenvalue weighted by atomic mass is 10.0. The molecule has 1 radical (unpaired) electrons. The molecule has 2 heteroatoms. The second kappa shape index (κ2) is 7.19. The number of ether oxygens (including phenoxy) is 2. The van der Waals surface area contributed by atoms with Crippen molar-refractivity contribution >= 4 is 0 Å². The second-order valence-corrected chi connectivity index (χ2v) is 4.11. The molecule has 0 spiro atoms. The van der Waals surface area contributed by atoms with Crippen LogP contribution in [0.1, 0.15) is 0 Å². The average Bonchev–Trinajstić information content (AvgIpc) is 2.51. The first kappa shape index (κ1) is 13.9. The maximum Gasteiger partial charge on any atom is 0.135 e. The summed E-state index contributed by atoms with van der Waals surface area (Å²) >= 11 is 0. The summed E-state index contributed by atoms with van der Waals surface area (Å²) in [5, 5.41) is 0. The molecule has 2 aromatic rings. The van der Waals surface area contributed by atoms with Crippen LogP contribution in [0.15, 0.2) is 67.8 Å². The van der Waals surface area contributed by atoms with E-state index in [1.807, 2.05) is 42.5 Å². The van der Waals surface area contributed by atoms with Gasteiger partial charge in [0.25, 0.3) is 0 Å². The van der Waals surface area contributed by atoms with Crippen LogP contribution >= 0.6 is 0 Å². The highest BCUT2D eigenvalue weighted by molar-refractivity contribution is 5.75. The molecule has 20 heavy (non-hydrogen) atoms. The van der Waals surface area contributed by atoms with Crippen molar-refractivity contribution in [1.29, 1.82) is 0 Å². The van der Waals surface area contributed by atoms with Gasteiger partial charge in [-0.3, -0.25) is 0 Å². The predicted molar refractivity (Wildman–Crippen MR) is 82.1 cm³/mol. The third kappa shape index (κ3) is 3.29. The van der Waals surface area contributed by atoms with Gasteiger partial charge in [-0.15, -0.1) is 0 Å². The highest BCUT2D eigenvalue weighted by atomic mass is 16.5. The minimum absolute atomic E-state index is 0.448. The van der Waals surface area contributed by atoms with Crippen LogP contribution in [0.25, 0.3) is 11.1 Å². The van der Waals surface area contributed by atoms with Gasteiger partial charge in [0.15, 0.2) is 0 Å². The topological polar surface area (TPSA) is 18.5 Å². The zero-order chi connectivity index (χ0) is 14.2. The third-order valence-electron chi connectivity index (χ3n) is 2.70. The highest BCUT2D eigenvalue weighted by Crippen LogP contribution is 2.35. The van der Waals surface area contributed by atoms with E-state index in [9.17, 15) is 0 Å². The minimum atomic E-state index is 0.448. The lowest BCUT2D eigenvalue weighted by Crippen LogP contribution is -1.98. The van der Waals surface area contributed by atoms with E-state index in [4.69, 9.17) is 9.47 Å². The van der Waals surface area contributed by atoms with Crippen molar-refractivity contribution in [2.45, 2.75) is 0 Å². The average molecular weight is 265 g/mol. The molecule has 2 nitrogen and oxygen atoms in total. The van der Waals surface area contributed by atoms with Gasteiger partial charge in [0.2, 0.25) is 0 Å². The number of para-hydroxylation sites is 2. The normalized spacial score (nSPS) is 9.80. The highest BCUT2D eigenvalue weighted by Gasteiger charge is 2.10. The zero-order valence-corrected chi connectivity index (χ0v) is 11.3. The first-order valence-electron chi connectivity index (χ1n) is 6.44. The van der Waals surface area contributed by atoms with Gasteiger partial charge in [0.1, 0.15) is 24.7 Å². The summed E-state index contributed by atoms with van der Waals surface area (Å²) in [5.74, 6) is 1.50. The molecule has 0 amide bonds. The van der Waals surface area contributed by atoms with Crippen molar-refractivity contribution in [3.05, 3.63) is 73.8 Å². The predicted octanol–water partition coefficient (Wildman–Crippen LogP) is 4.28. The Kier molecular flexibility index (Phi) is 5.01. The first-order valence-corrected chi connectivity index (χ1v) is 6.44. The number of rotatable bonds is 7. The molecule has 0 aliphatic rings. The van der Waals surface area contributed by atoms with Crippen LogP contribution in [0.4, 0.5) is 0 Å². The van der Waals surface area contributed by atoms with Gasteiger partial charge < -0.3 is 9.47 Å². The molecule has 2 aromatic carbocycles. The van der Waals surface area contributed by atoms with Crippen LogP contribution in [0.2, 0.25) is 0 Å². The summed E-state index contributed by atoms with van der Waals surface area (Å²) in [7, 11) is 0. The van der Waals surface area contributed by atoms with E-state index in [-0.39, 0.29) is 0 Å². The molecule has 0 aliphatic carbocycles. The molecule has 0 saturated carbocycles. The van der Waals surface area contributed by atoms with Crippen molar-refractivity contribution in [2.75, 3.05) is 13.2 Å². The molecule has 0 fully saturated rings. The Bertz CT molecular complexity index is 534. The van der Waals surface area contributed by atoms with Gasteiger partial charge in [-0.2, -0.15) is 0 Å². The maximum absolute atomic E-state index is 5.69. The maximum atomic E-state index is 5.69. The monoisotopic (exact) mass is 265 g/mol. The zero-order valence-electron chi connectivity index (χ0n) is 11.3. The van der Waals surface area contributed by atoms with Crippen LogP contribution in [-0.4, -0.2) is 13.2 Å². The van der Waals surface area contributed by atoms with E-state index in [0.717, 1.165) is 16.9 Å². The van der Waals surface area contributed by atoms with E-state index >= 15 is 0 Å².